The Morgan fingerprint density at radius 1 is 1.00 bits per heavy atom. The highest BCUT2D eigenvalue weighted by molar-refractivity contribution is 7.99. The van der Waals surface area contributed by atoms with E-state index >= 15 is 0 Å². The van der Waals surface area contributed by atoms with Crippen molar-refractivity contribution in [1.29, 1.82) is 0 Å². The lowest BCUT2D eigenvalue weighted by Gasteiger charge is -2.19. The Morgan fingerprint density at radius 3 is 2.16 bits per heavy atom. The Bertz CT molecular complexity index is 357. The number of nitrogens with two attached hydrogens (primary N) is 1. The minimum atomic E-state index is -0.343. The highest BCUT2D eigenvalue weighted by atomic mass is 32.2. The van der Waals surface area contributed by atoms with Gasteiger partial charge in [0.05, 0.1) is 0 Å². The maximum absolute atomic E-state index is 11.7. The molecule has 0 aromatic rings. The zero-order chi connectivity index (χ0) is 18.9. The molecular formula is C18H36N2O3S2. The molecule has 0 aliphatic heterocycles. The van der Waals surface area contributed by atoms with Crippen molar-refractivity contribution in [2.45, 2.75) is 46.0 Å². The van der Waals surface area contributed by atoms with Crippen LogP contribution in [0, 0.1) is 11.8 Å². The predicted molar refractivity (Wildman–Crippen MR) is 110 cm³/mol. The highest BCUT2D eigenvalue weighted by Gasteiger charge is 2.13. The molecule has 0 aliphatic rings. The largest absolute Gasteiger partial charge is 0.389 e. The van der Waals surface area contributed by atoms with Crippen LogP contribution in [0.3, 0.4) is 0 Å². The Morgan fingerprint density at radius 2 is 1.60 bits per heavy atom. The van der Waals surface area contributed by atoms with Crippen molar-refractivity contribution in [2.75, 3.05) is 42.7 Å². The van der Waals surface area contributed by atoms with Gasteiger partial charge in [0, 0.05) is 30.9 Å². The lowest BCUT2D eigenvalue weighted by Crippen LogP contribution is -2.25. The standard InChI is InChI=1S/C18H36N2O3S2/c1-15(13-24-10-6-17(22)12-21)16(2)14-25-11-7-18(23)20-9-5-3-4-8-19/h15-16,21H,3-14,19H2,1-2H3,(H,20,23). The number of rotatable bonds is 17. The van der Waals surface area contributed by atoms with Gasteiger partial charge in [0.2, 0.25) is 5.91 Å². The summed E-state index contributed by atoms with van der Waals surface area (Å²) in [4.78, 5) is 22.7. The van der Waals surface area contributed by atoms with Crippen molar-refractivity contribution in [2.24, 2.45) is 17.6 Å². The summed E-state index contributed by atoms with van der Waals surface area (Å²) in [5.74, 6) is 4.97. The van der Waals surface area contributed by atoms with Gasteiger partial charge in [0.25, 0.3) is 0 Å². The van der Waals surface area contributed by atoms with Crippen LogP contribution >= 0.6 is 23.5 Å². The van der Waals surface area contributed by atoms with E-state index in [0.29, 0.717) is 24.7 Å². The molecule has 1 amide bonds. The second kappa shape index (κ2) is 17.2. The molecule has 0 saturated carbocycles. The van der Waals surface area contributed by atoms with Gasteiger partial charge in [-0.2, -0.15) is 23.5 Å². The van der Waals surface area contributed by atoms with Crippen molar-refractivity contribution in [3.8, 4) is 0 Å². The number of aliphatic hydroxyl groups excluding tert-OH is 1. The topological polar surface area (TPSA) is 92.4 Å². The van der Waals surface area contributed by atoms with E-state index in [2.05, 4.69) is 19.2 Å². The zero-order valence-corrected chi connectivity index (χ0v) is 17.4. The predicted octanol–water partition coefficient (Wildman–Crippen LogP) is 2.31. The third-order valence-electron chi connectivity index (χ3n) is 4.11. The van der Waals surface area contributed by atoms with Crippen LogP contribution in [0.25, 0.3) is 0 Å². The van der Waals surface area contributed by atoms with Crippen LogP contribution in [-0.4, -0.2) is 59.5 Å². The van der Waals surface area contributed by atoms with Gasteiger partial charge in [-0.3, -0.25) is 9.59 Å². The molecule has 25 heavy (non-hydrogen) atoms. The maximum atomic E-state index is 11.7. The average molecular weight is 393 g/mol. The van der Waals surface area contributed by atoms with Crippen LogP contribution in [0.5, 0.6) is 0 Å². The van der Waals surface area contributed by atoms with E-state index in [4.69, 9.17) is 10.8 Å². The molecule has 0 spiro atoms. The van der Waals surface area contributed by atoms with Crippen molar-refractivity contribution in [3.63, 3.8) is 0 Å². The van der Waals surface area contributed by atoms with Crippen molar-refractivity contribution in [3.05, 3.63) is 0 Å². The molecule has 0 bridgehead atoms. The van der Waals surface area contributed by atoms with E-state index < -0.39 is 0 Å². The van der Waals surface area contributed by atoms with E-state index in [1.165, 1.54) is 0 Å². The van der Waals surface area contributed by atoms with Crippen LogP contribution in [0.4, 0.5) is 0 Å². The van der Waals surface area contributed by atoms with Gasteiger partial charge in [-0.15, -0.1) is 0 Å². The minimum absolute atomic E-state index is 0.0820. The monoisotopic (exact) mass is 392 g/mol. The summed E-state index contributed by atoms with van der Waals surface area (Å²) in [5.41, 5.74) is 5.43. The normalized spacial score (nSPS) is 13.4. The van der Waals surface area contributed by atoms with Crippen molar-refractivity contribution >= 4 is 35.2 Å². The molecule has 0 aromatic carbocycles. The average Bonchev–Trinajstić information content (AvgIpc) is 2.61. The third kappa shape index (κ3) is 15.7. The number of unbranched alkanes of at least 4 members (excludes halogenated alkanes) is 2. The first-order chi connectivity index (χ1) is 12.0. The number of carbonyl (C=O) groups excluding carboxylic acids is 2. The highest BCUT2D eigenvalue weighted by Crippen LogP contribution is 2.21. The summed E-state index contributed by atoms with van der Waals surface area (Å²) >= 11 is 3.62. The first kappa shape index (κ1) is 24.8. The van der Waals surface area contributed by atoms with Crippen LogP contribution in [0.2, 0.25) is 0 Å². The molecule has 4 N–H and O–H groups in total. The SMILES string of the molecule is CC(CSCCC(=O)CO)C(C)CSCCC(=O)NCCCCCN. The van der Waals surface area contributed by atoms with Crippen LogP contribution in [0.1, 0.15) is 46.0 Å². The van der Waals surface area contributed by atoms with Gasteiger partial charge < -0.3 is 16.2 Å². The molecule has 2 unspecified atom stereocenters. The quantitative estimate of drug-likeness (QED) is 0.329. The summed E-state index contributed by atoms with van der Waals surface area (Å²) in [5, 5.41) is 11.6. The van der Waals surface area contributed by atoms with Gasteiger partial charge in [-0.05, 0) is 42.7 Å². The van der Waals surface area contributed by atoms with E-state index in [9.17, 15) is 9.59 Å². The van der Waals surface area contributed by atoms with Gasteiger partial charge in [-0.1, -0.05) is 20.3 Å². The lowest BCUT2D eigenvalue weighted by atomic mass is 10.0. The van der Waals surface area contributed by atoms with E-state index in [-0.39, 0.29) is 18.3 Å². The molecule has 148 valence electrons. The van der Waals surface area contributed by atoms with E-state index in [0.717, 1.165) is 55.4 Å². The number of aliphatic hydroxyl groups is 1. The maximum Gasteiger partial charge on any atom is 0.220 e. The fourth-order valence-electron chi connectivity index (χ4n) is 2.06. The molecule has 0 heterocycles. The molecule has 0 radical (unpaired) electrons. The number of amides is 1. The van der Waals surface area contributed by atoms with Gasteiger partial charge in [0.1, 0.15) is 6.61 Å². The van der Waals surface area contributed by atoms with Gasteiger partial charge in [-0.25, -0.2) is 0 Å². The Hall–Kier alpha value is -0.240. The smallest absolute Gasteiger partial charge is 0.220 e. The zero-order valence-electron chi connectivity index (χ0n) is 15.8. The molecule has 0 fully saturated rings. The van der Waals surface area contributed by atoms with E-state index in [1.54, 1.807) is 11.8 Å². The fraction of sp³-hybridized carbons (Fsp3) is 0.889. The summed E-state index contributed by atoms with van der Waals surface area (Å²) in [6, 6.07) is 0. The van der Waals surface area contributed by atoms with E-state index in [1.807, 2.05) is 11.8 Å². The number of thioether (sulfide) groups is 2. The Labute approximate surface area is 161 Å². The molecule has 7 heteroatoms. The van der Waals surface area contributed by atoms with Crippen LogP contribution < -0.4 is 11.1 Å². The number of ketones is 1. The second-order valence-corrected chi connectivity index (χ2v) is 8.80. The summed E-state index contributed by atoms with van der Waals surface area (Å²) in [7, 11) is 0. The number of hydrogen-bond donors (Lipinski definition) is 3. The van der Waals surface area contributed by atoms with Crippen molar-refractivity contribution < 1.29 is 14.7 Å². The van der Waals surface area contributed by atoms with Crippen molar-refractivity contribution in [1.82, 2.24) is 5.32 Å². The molecule has 0 rings (SSSR count). The number of carbonyl (C=O) groups is 2. The Balaban J connectivity index is 3.56. The Kier molecular flexibility index (Phi) is 17.0. The molecule has 2 atom stereocenters. The molecular weight excluding hydrogens is 356 g/mol. The number of Topliss-reactive ketones (excluding diaryl/α,β-unsaturated/α-hetero) is 1. The lowest BCUT2D eigenvalue weighted by molar-refractivity contribution is -0.121. The summed E-state index contributed by atoms with van der Waals surface area (Å²) in [6.45, 7) is 5.62. The summed E-state index contributed by atoms with van der Waals surface area (Å²) in [6.07, 6.45) is 4.15. The molecule has 0 saturated heterocycles. The van der Waals surface area contributed by atoms with Gasteiger partial charge >= 0.3 is 0 Å². The molecule has 0 aromatic heterocycles. The second-order valence-electron chi connectivity index (χ2n) is 6.50. The minimum Gasteiger partial charge on any atom is -0.389 e. The van der Waals surface area contributed by atoms with Gasteiger partial charge in [0.15, 0.2) is 5.78 Å². The first-order valence-corrected chi connectivity index (χ1v) is 11.6. The first-order valence-electron chi connectivity index (χ1n) is 9.26. The molecule has 5 nitrogen and oxygen atoms in total. The van der Waals surface area contributed by atoms with Crippen LogP contribution in [-0.2, 0) is 9.59 Å². The van der Waals surface area contributed by atoms with Crippen LogP contribution in [0.15, 0.2) is 0 Å². The summed E-state index contributed by atoms with van der Waals surface area (Å²) < 4.78 is 0. The molecule has 0 aliphatic carbocycles. The third-order valence-corrected chi connectivity index (χ3v) is 6.62. The number of nitrogens with one attached hydrogen (secondary N) is 1. The fourth-order valence-corrected chi connectivity index (χ4v) is 4.49. The number of hydrogen-bond acceptors (Lipinski definition) is 6.